The minimum Gasteiger partial charge on any atom is -0.330 e. The number of rotatable bonds is 9. The maximum atomic E-state index is 6.01. The van der Waals surface area contributed by atoms with Gasteiger partial charge >= 0.3 is 0 Å². The van der Waals surface area contributed by atoms with Crippen molar-refractivity contribution in [2.45, 2.75) is 18.5 Å². The van der Waals surface area contributed by atoms with E-state index in [0.717, 1.165) is 13.0 Å². The number of hydrogen-bond acceptors (Lipinski definition) is 2. The Kier molecular flexibility index (Phi) is 7.28. The molecule has 0 aliphatic carbocycles. The molecule has 0 spiro atoms. The summed E-state index contributed by atoms with van der Waals surface area (Å²) in [7, 11) is 0. The first kappa shape index (κ1) is 21.0. The molecule has 0 atom stereocenters. The highest BCUT2D eigenvalue weighted by Gasteiger charge is 2.30. The van der Waals surface area contributed by atoms with E-state index in [1.54, 1.807) is 0 Å². The highest BCUT2D eigenvalue weighted by Crippen LogP contribution is 2.39. The molecule has 0 amide bonds. The fourth-order valence-corrected chi connectivity index (χ4v) is 4.37. The van der Waals surface area contributed by atoms with Crippen LogP contribution >= 0.6 is 0 Å². The van der Waals surface area contributed by atoms with Gasteiger partial charge in [-0.3, -0.25) is 4.90 Å². The Balaban J connectivity index is 1.89. The second kappa shape index (κ2) is 10.7. The zero-order valence-electron chi connectivity index (χ0n) is 17.8. The van der Waals surface area contributed by atoms with Crippen molar-refractivity contribution in [3.05, 3.63) is 144 Å². The third kappa shape index (κ3) is 5.11. The molecule has 0 bridgehead atoms. The largest absolute Gasteiger partial charge is 0.330 e. The van der Waals surface area contributed by atoms with Crippen molar-refractivity contribution in [1.29, 1.82) is 0 Å². The van der Waals surface area contributed by atoms with Crippen molar-refractivity contribution in [2.24, 2.45) is 5.73 Å². The molecule has 31 heavy (non-hydrogen) atoms. The standard InChI is InChI=1S/C29H30N2/c30-22-13-23-31(28(24-14-5-1-6-15-24)25-16-7-2-8-17-25)29(26-18-9-3-10-19-26)27-20-11-4-12-21-27/h1-12,14-21,28-29H,13,22-23,30H2. The molecule has 0 radical (unpaired) electrons. The lowest BCUT2D eigenvalue weighted by atomic mass is 9.90. The molecule has 4 aromatic carbocycles. The summed E-state index contributed by atoms with van der Waals surface area (Å²) in [5.74, 6) is 0. The minimum atomic E-state index is 0.124. The summed E-state index contributed by atoms with van der Waals surface area (Å²) in [5.41, 5.74) is 11.2. The van der Waals surface area contributed by atoms with Crippen molar-refractivity contribution < 1.29 is 0 Å². The van der Waals surface area contributed by atoms with E-state index in [9.17, 15) is 0 Å². The van der Waals surface area contributed by atoms with Gasteiger partial charge < -0.3 is 5.73 Å². The molecule has 0 saturated heterocycles. The Hall–Kier alpha value is -3.20. The van der Waals surface area contributed by atoms with Gasteiger partial charge in [0.15, 0.2) is 0 Å². The van der Waals surface area contributed by atoms with Gasteiger partial charge in [0, 0.05) is 6.54 Å². The van der Waals surface area contributed by atoms with Crippen LogP contribution in [0.2, 0.25) is 0 Å². The molecule has 0 aliphatic rings. The number of hydrogen-bond donors (Lipinski definition) is 1. The van der Waals surface area contributed by atoms with Crippen LogP contribution in [-0.4, -0.2) is 18.0 Å². The lowest BCUT2D eigenvalue weighted by Gasteiger charge is -2.39. The third-order valence-electron chi connectivity index (χ3n) is 5.74. The second-order valence-electron chi connectivity index (χ2n) is 7.83. The molecule has 0 heterocycles. The van der Waals surface area contributed by atoms with Gasteiger partial charge in [0.05, 0.1) is 12.1 Å². The van der Waals surface area contributed by atoms with Gasteiger partial charge in [0.2, 0.25) is 0 Å². The Bertz CT molecular complexity index is 855. The fourth-order valence-electron chi connectivity index (χ4n) is 4.37. The fraction of sp³-hybridized carbons (Fsp3) is 0.172. The SMILES string of the molecule is NCCCN(C(c1ccccc1)c1ccccc1)C(c1ccccc1)c1ccccc1. The van der Waals surface area contributed by atoms with Gasteiger partial charge in [-0.2, -0.15) is 0 Å². The van der Waals surface area contributed by atoms with Crippen LogP contribution in [0.5, 0.6) is 0 Å². The molecule has 2 nitrogen and oxygen atoms in total. The molecule has 156 valence electrons. The third-order valence-corrected chi connectivity index (χ3v) is 5.74. The molecule has 0 aliphatic heterocycles. The van der Waals surface area contributed by atoms with Crippen molar-refractivity contribution in [3.8, 4) is 0 Å². The summed E-state index contributed by atoms with van der Waals surface area (Å²) in [4.78, 5) is 2.61. The summed E-state index contributed by atoms with van der Waals surface area (Å²) in [5, 5.41) is 0. The summed E-state index contributed by atoms with van der Waals surface area (Å²) in [6, 6.07) is 43.5. The summed E-state index contributed by atoms with van der Waals surface area (Å²) >= 11 is 0. The van der Waals surface area contributed by atoms with E-state index >= 15 is 0 Å². The molecule has 4 rings (SSSR count). The quantitative estimate of drug-likeness (QED) is 0.358. The first-order valence-electron chi connectivity index (χ1n) is 11.0. The smallest absolute Gasteiger partial charge is 0.0610 e. The van der Waals surface area contributed by atoms with E-state index in [4.69, 9.17) is 5.73 Å². The van der Waals surface area contributed by atoms with Crippen LogP contribution in [0.25, 0.3) is 0 Å². The van der Waals surface area contributed by atoms with Crippen LogP contribution in [0.4, 0.5) is 0 Å². The zero-order chi connectivity index (χ0) is 21.3. The maximum Gasteiger partial charge on any atom is 0.0610 e. The average Bonchev–Trinajstić information content (AvgIpc) is 2.85. The second-order valence-corrected chi connectivity index (χ2v) is 7.83. The van der Waals surface area contributed by atoms with Crippen LogP contribution in [0, 0.1) is 0 Å². The van der Waals surface area contributed by atoms with Crippen LogP contribution in [-0.2, 0) is 0 Å². The molecule has 0 saturated carbocycles. The molecular weight excluding hydrogens is 376 g/mol. The topological polar surface area (TPSA) is 29.3 Å². The number of nitrogens with two attached hydrogens (primary N) is 1. The van der Waals surface area contributed by atoms with Crippen LogP contribution in [0.1, 0.15) is 40.8 Å². The average molecular weight is 407 g/mol. The predicted molar refractivity (Wildman–Crippen MR) is 130 cm³/mol. The first-order chi connectivity index (χ1) is 15.4. The number of nitrogens with zero attached hydrogens (tertiary/aromatic N) is 1. The van der Waals surface area contributed by atoms with E-state index in [2.05, 4.69) is 126 Å². The zero-order valence-corrected chi connectivity index (χ0v) is 17.8. The van der Waals surface area contributed by atoms with Gasteiger partial charge in [-0.1, -0.05) is 121 Å². The Morgan fingerprint density at radius 3 is 1.03 bits per heavy atom. The van der Waals surface area contributed by atoms with Crippen LogP contribution in [0.15, 0.2) is 121 Å². The van der Waals surface area contributed by atoms with Crippen LogP contribution in [0.3, 0.4) is 0 Å². The predicted octanol–water partition coefficient (Wildman–Crippen LogP) is 6.22. The monoisotopic (exact) mass is 406 g/mol. The van der Waals surface area contributed by atoms with Crippen molar-refractivity contribution in [2.75, 3.05) is 13.1 Å². The minimum absolute atomic E-state index is 0.124. The van der Waals surface area contributed by atoms with E-state index in [-0.39, 0.29) is 12.1 Å². The molecule has 0 aromatic heterocycles. The molecule has 2 N–H and O–H groups in total. The van der Waals surface area contributed by atoms with E-state index in [1.165, 1.54) is 22.3 Å². The Labute approximate surface area is 186 Å². The van der Waals surface area contributed by atoms with E-state index in [0.29, 0.717) is 6.54 Å². The normalized spacial score (nSPS) is 11.4. The maximum absolute atomic E-state index is 6.01. The van der Waals surface area contributed by atoms with Crippen molar-refractivity contribution in [3.63, 3.8) is 0 Å². The summed E-state index contributed by atoms with van der Waals surface area (Å²) < 4.78 is 0. The van der Waals surface area contributed by atoms with Crippen LogP contribution < -0.4 is 5.73 Å². The highest BCUT2D eigenvalue weighted by molar-refractivity contribution is 5.37. The molecular formula is C29H30N2. The van der Waals surface area contributed by atoms with Gasteiger partial charge in [-0.15, -0.1) is 0 Å². The van der Waals surface area contributed by atoms with Gasteiger partial charge in [0.1, 0.15) is 0 Å². The van der Waals surface area contributed by atoms with Gasteiger partial charge in [-0.05, 0) is 35.2 Å². The lowest BCUT2D eigenvalue weighted by Crippen LogP contribution is -2.36. The van der Waals surface area contributed by atoms with Crippen molar-refractivity contribution >= 4 is 0 Å². The van der Waals surface area contributed by atoms with E-state index < -0.39 is 0 Å². The molecule has 4 aromatic rings. The highest BCUT2D eigenvalue weighted by atomic mass is 15.2. The first-order valence-corrected chi connectivity index (χ1v) is 11.0. The summed E-state index contributed by atoms with van der Waals surface area (Å²) in [6.07, 6.45) is 0.937. The van der Waals surface area contributed by atoms with Gasteiger partial charge in [-0.25, -0.2) is 0 Å². The Morgan fingerprint density at radius 2 is 0.774 bits per heavy atom. The number of benzene rings is 4. The molecule has 0 unspecified atom stereocenters. The Morgan fingerprint density at radius 1 is 0.484 bits per heavy atom. The molecule has 0 fully saturated rings. The summed E-state index contributed by atoms with van der Waals surface area (Å²) in [6.45, 7) is 1.57. The lowest BCUT2D eigenvalue weighted by molar-refractivity contribution is 0.179. The van der Waals surface area contributed by atoms with Gasteiger partial charge in [0.25, 0.3) is 0 Å². The van der Waals surface area contributed by atoms with E-state index in [1.807, 2.05) is 0 Å². The van der Waals surface area contributed by atoms with Crippen molar-refractivity contribution in [1.82, 2.24) is 4.90 Å². The molecule has 2 heteroatoms.